The lowest BCUT2D eigenvalue weighted by molar-refractivity contribution is -0.115. The fourth-order valence-corrected chi connectivity index (χ4v) is 2.94. The van der Waals surface area contributed by atoms with Gasteiger partial charge >= 0.3 is 0 Å². The minimum Gasteiger partial charge on any atom is -0.497 e. The fourth-order valence-electron chi connectivity index (χ4n) is 2.11. The molecule has 0 atom stereocenters. The van der Waals surface area contributed by atoms with Crippen LogP contribution in [0.15, 0.2) is 42.5 Å². The molecule has 0 spiro atoms. The van der Waals surface area contributed by atoms with Gasteiger partial charge in [0, 0.05) is 15.3 Å². The van der Waals surface area contributed by atoms with Gasteiger partial charge in [0.25, 0.3) is 0 Å². The van der Waals surface area contributed by atoms with Crippen molar-refractivity contribution in [2.24, 2.45) is 0 Å². The van der Waals surface area contributed by atoms with E-state index in [9.17, 15) is 4.79 Å². The topological polar surface area (TPSA) is 50.4 Å². The molecule has 0 aromatic heterocycles. The van der Waals surface area contributed by atoms with Crippen LogP contribution in [0.25, 0.3) is 6.08 Å². The standard InChI is InChI=1S/C19H19IN2O2S/c1-12-11-17(13(2)10-16(12)20)21-19(25)22-18(23)9-6-14-4-7-15(24-3)8-5-14/h4-11H,1-3H3,(H2,21,22,23,25)/b9-6+. The summed E-state index contributed by atoms with van der Waals surface area (Å²) >= 11 is 7.51. The number of halogens is 1. The molecule has 130 valence electrons. The highest BCUT2D eigenvalue weighted by atomic mass is 127. The molecule has 0 saturated heterocycles. The molecular weight excluding hydrogens is 447 g/mol. The van der Waals surface area contributed by atoms with Crippen LogP contribution in [0.5, 0.6) is 5.75 Å². The lowest BCUT2D eigenvalue weighted by Crippen LogP contribution is -2.33. The number of hydrogen-bond acceptors (Lipinski definition) is 3. The summed E-state index contributed by atoms with van der Waals surface area (Å²) in [6.07, 6.45) is 3.17. The third-order valence-electron chi connectivity index (χ3n) is 3.53. The van der Waals surface area contributed by atoms with Crippen LogP contribution in [-0.2, 0) is 4.79 Å². The third kappa shape index (κ3) is 5.82. The number of ether oxygens (including phenoxy) is 1. The number of carbonyl (C=O) groups is 1. The van der Waals surface area contributed by atoms with E-state index >= 15 is 0 Å². The van der Waals surface area contributed by atoms with Crippen molar-refractivity contribution in [3.05, 3.63) is 62.7 Å². The Morgan fingerprint density at radius 3 is 2.48 bits per heavy atom. The maximum absolute atomic E-state index is 12.0. The van der Waals surface area contributed by atoms with Crippen LogP contribution in [0.4, 0.5) is 5.69 Å². The second-order valence-electron chi connectivity index (χ2n) is 5.47. The van der Waals surface area contributed by atoms with E-state index in [0.29, 0.717) is 0 Å². The Labute approximate surface area is 166 Å². The summed E-state index contributed by atoms with van der Waals surface area (Å²) in [5.41, 5.74) is 4.02. The van der Waals surface area contributed by atoms with Crippen molar-refractivity contribution >= 4 is 57.6 Å². The zero-order valence-electron chi connectivity index (χ0n) is 14.2. The van der Waals surface area contributed by atoms with Crippen LogP contribution >= 0.6 is 34.8 Å². The number of benzene rings is 2. The van der Waals surface area contributed by atoms with Crippen LogP contribution in [0, 0.1) is 17.4 Å². The molecule has 2 rings (SSSR count). The summed E-state index contributed by atoms with van der Waals surface area (Å²) in [5, 5.41) is 5.99. The molecule has 1 amide bonds. The highest BCUT2D eigenvalue weighted by Gasteiger charge is 2.06. The molecule has 4 nitrogen and oxygen atoms in total. The number of methoxy groups -OCH3 is 1. The van der Waals surface area contributed by atoms with Crippen molar-refractivity contribution < 1.29 is 9.53 Å². The maximum Gasteiger partial charge on any atom is 0.250 e. The predicted molar refractivity (Wildman–Crippen MR) is 115 cm³/mol. The highest BCUT2D eigenvalue weighted by Crippen LogP contribution is 2.21. The number of thiocarbonyl (C=S) groups is 1. The van der Waals surface area contributed by atoms with E-state index in [0.717, 1.165) is 28.1 Å². The van der Waals surface area contributed by atoms with Gasteiger partial charge in [0.05, 0.1) is 7.11 Å². The number of rotatable bonds is 4. The van der Waals surface area contributed by atoms with Gasteiger partial charge in [-0.05, 0) is 95.7 Å². The molecule has 0 aliphatic rings. The molecule has 0 aliphatic carbocycles. The van der Waals surface area contributed by atoms with Gasteiger partial charge in [0.15, 0.2) is 5.11 Å². The molecule has 0 bridgehead atoms. The highest BCUT2D eigenvalue weighted by molar-refractivity contribution is 14.1. The molecule has 0 unspecified atom stereocenters. The fraction of sp³-hybridized carbons (Fsp3) is 0.158. The van der Waals surface area contributed by atoms with Crippen LogP contribution in [-0.4, -0.2) is 18.1 Å². The van der Waals surface area contributed by atoms with E-state index in [2.05, 4.69) is 39.3 Å². The molecule has 2 N–H and O–H groups in total. The average Bonchev–Trinajstić information content (AvgIpc) is 2.58. The number of aryl methyl sites for hydroxylation is 2. The average molecular weight is 466 g/mol. The smallest absolute Gasteiger partial charge is 0.250 e. The zero-order valence-corrected chi connectivity index (χ0v) is 17.2. The Bertz CT molecular complexity index is 817. The molecule has 0 radical (unpaired) electrons. The molecule has 2 aromatic carbocycles. The number of hydrogen-bond donors (Lipinski definition) is 2. The first-order valence-corrected chi connectivity index (χ1v) is 9.08. The number of anilines is 1. The van der Waals surface area contributed by atoms with Crippen molar-refractivity contribution in [1.82, 2.24) is 5.32 Å². The van der Waals surface area contributed by atoms with Crippen molar-refractivity contribution in [2.75, 3.05) is 12.4 Å². The Morgan fingerprint density at radius 1 is 1.16 bits per heavy atom. The van der Waals surface area contributed by atoms with Crippen molar-refractivity contribution in [1.29, 1.82) is 0 Å². The summed E-state index contributed by atoms with van der Waals surface area (Å²) < 4.78 is 6.29. The Hall–Kier alpha value is -1.93. The van der Waals surface area contributed by atoms with Gasteiger partial charge in [0.2, 0.25) is 5.91 Å². The van der Waals surface area contributed by atoms with Crippen LogP contribution in [0.1, 0.15) is 16.7 Å². The quantitative estimate of drug-likeness (QED) is 0.398. The van der Waals surface area contributed by atoms with Gasteiger partial charge in [0.1, 0.15) is 5.75 Å². The molecule has 6 heteroatoms. The van der Waals surface area contributed by atoms with Crippen molar-refractivity contribution in [3.63, 3.8) is 0 Å². The van der Waals surface area contributed by atoms with Crippen molar-refractivity contribution in [3.8, 4) is 5.75 Å². The van der Waals surface area contributed by atoms with Crippen molar-refractivity contribution in [2.45, 2.75) is 13.8 Å². The molecule has 25 heavy (non-hydrogen) atoms. The van der Waals surface area contributed by atoms with Gasteiger partial charge in [-0.2, -0.15) is 0 Å². The first kappa shape index (κ1) is 19.4. The Kier molecular flexibility index (Phi) is 6.95. The van der Waals surface area contributed by atoms with E-state index in [1.807, 2.05) is 44.2 Å². The first-order chi connectivity index (χ1) is 11.9. The molecule has 0 aliphatic heterocycles. The number of nitrogens with one attached hydrogen (secondary N) is 2. The number of amides is 1. The molecule has 0 heterocycles. The second kappa shape index (κ2) is 8.96. The minimum absolute atomic E-state index is 0.271. The zero-order chi connectivity index (χ0) is 18.4. The maximum atomic E-state index is 12.0. The van der Waals surface area contributed by atoms with Gasteiger partial charge in [-0.3, -0.25) is 10.1 Å². The molecule has 2 aromatic rings. The van der Waals surface area contributed by atoms with Gasteiger partial charge in [-0.1, -0.05) is 12.1 Å². The summed E-state index contributed by atoms with van der Waals surface area (Å²) in [6.45, 7) is 4.03. The normalized spacial score (nSPS) is 10.6. The monoisotopic (exact) mass is 466 g/mol. The van der Waals surface area contributed by atoms with E-state index in [-0.39, 0.29) is 11.0 Å². The Morgan fingerprint density at radius 2 is 1.84 bits per heavy atom. The lowest BCUT2D eigenvalue weighted by atomic mass is 10.1. The molecular formula is C19H19IN2O2S. The van der Waals surface area contributed by atoms with E-state index in [1.165, 1.54) is 9.65 Å². The second-order valence-corrected chi connectivity index (χ2v) is 7.04. The summed E-state index contributed by atoms with van der Waals surface area (Å²) in [7, 11) is 1.61. The van der Waals surface area contributed by atoms with Crippen LogP contribution in [0.2, 0.25) is 0 Å². The van der Waals surface area contributed by atoms with E-state index in [4.69, 9.17) is 17.0 Å². The predicted octanol–water partition coefficient (Wildman–Crippen LogP) is 4.44. The minimum atomic E-state index is -0.284. The largest absolute Gasteiger partial charge is 0.497 e. The lowest BCUT2D eigenvalue weighted by Gasteiger charge is -2.12. The third-order valence-corrected chi connectivity index (χ3v) is 4.90. The SMILES string of the molecule is COc1ccc(/C=C/C(=O)NC(=S)Nc2cc(C)c(I)cc2C)cc1. The van der Waals surface area contributed by atoms with Crippen LogP contribution in [0.3, 0.4) is 0 Å². The first-order valence-electron chi connectivity index (χ1n) is 7.60. The number of carbonyl (C=O) groups excluding carboxylic acids is 1. The van der Waals surface area contributed by atoms with E-state index < -0.39 is 0 Å². The van der Waals surface area contributed by atoms with Gasteiger partial charge in [-0.25, -0.2) is 0 Å². The Balaban J connectivity index is 1.94. The molecule has 0 fully saturated rings. The van der Waals surface area contributed by atoms with Crippen LogP contribution < -0.4 is 15.4 Å². The summed E-state index contributed by atoms with van der Waals surface area (Å²) in [6, 6.07) is 11.5. The summed E-state index contributed by atoms with van der Waals surface area (Å²) in [4.78, 5) is 12.0. The summed E-state index contributed by atoms with van der Waals surface area (Å²) in [5.74, 6) is 0.489. The van der Waals surface area contributed by atoms with Gasteiger partial charge in [-0.15, -0.1) is 0 Å². The van der Waals surface area contributed by atoms with E-state index in [1.54, 1.807) is 13.2 Å². The van der Waals surface area contributed by atoms with Gasteiger partial charge < -0.3 is 10.1 Å². The molecule has 0 saturated carbocycles.